The lowest BCUT2D eigenvalue weighted by Gasteiger charge is -2.49. The summed E-state index contributed by atoms with van der Waals surface area (Å²) in [4.78, 5) is 32.3. The Hall–Kier alpha value is -4.20. The number of aliphatic hydroxyl groups is 1. The van der Waals surface area contributed by atoms with E-state index in [9.17, 15) is 15.0 Å². The van der Waals surface area contributed by atoms with E-state index in [1.165, 1.54) is 24.4 Å². The van der Waals surface area contributed by atoms with Gasteiger partial charge in [0, 0.05) is 62.2 Å². The second kappa shape index (κ2) is 13.9. The van der Waals surface area contributed by atoms with Crippen LogP contribution >= 0.6 is 0 Å². The summed E-state index contributed by atoms with van der Waals surface area (Å²) < 4.78 is 44.4. The molecule has 3 aliphatic heterocycles. The first kappa shape index (κ1) is 35.8. The first-order valence-corrected chi connectivity index (χ1v) is 18.9. The van der Waals surface area contributed by atoms with Crippen LogP contribution in [0.15, 0.2) is 30.5 Å². The number of benzene rings is 2. The van der Waals surface area contributed by atoms with Crippen LogP contribution in [0.25, 0.3) is 32.9 Å². The molecule has 13 heteroatoms. The number of phenols is 1. The maximum atomic E-state index is 17.1. The smallest absolute Gasteiger partial charge is 0.319 e. The van der Waals surface area contributed by atoms with Gasteiger partial charge in [-0.25, -0.2) is 8.78 Å². The summed E-state index contributed by atoms with van der Waals surface area (Å²) in [7, 11) is 0. The topological polar surface area (TPSA) is 124 Å². The van der Waals surface area contributed by atoms with E-state index in [0.29, 0.717) is 65.7 Å². The summed E-state index contributed by atoms with van der Waals surface area (Å²) in [5.41, 5.74) is -0.723. The molecule has 4 aliphatic rings. The highest BCUT2D eigenvalue weighted by Crippen LogP contribution is 2.48. The molecule has 2 aromatic carbocycles. The van der Waals surface area contributed by atoms with Crippen molar-refractivity contribution in [2.45, 2.75) is 70.9 Å². The summed E-state index contributed by atoms with van der Waals surface area (Å²) in [5, 5.41) is 23.2. The molecule has 3 saturated heterocycles. The van der Waals surface area contributed by atoms with Gasteiger partial charge in [0.25, 0.3) is 0 Å². The number of aryl methyl sites for hydroxylation is 1. The number of pyridine rings is 1. The van der Waals surface area contributed by atoms with Gasteiger partial charge in [-0.3, -0.25) is 14.7 Å². The van der Waals surface area contributed by atoms with Crippen LogP contribution in [0.1, 0.15) is 58.4 Å². The number of piperidine rings is 1. The Bertz CT molecular complexity index is 2060. The molecular weight excluding hydrogens is 682 g/mol. The van der Waals surface area contributed by atoms with E-state index in [2.05, 4.69) is 9.88 Å². The largest absolute Gasteiger partial charge is 0.508 e. The highest BCUT2D eigenvalue weighted by Gasteiger charge is 2.49. The monoisotopic (exact) mass is 730 g/mol. The lowest BCUT2D eigenvalue weighted by molar-refractivity contribution is -0.136. The van der Waals surface area contributed by atoms with E-state index in [1.807, 2.05) is 16.7 Å². The minimum Gasteiger partial charge on any atom is -0.508 e. The van der Waals surface area contributed by atoms with Crippen molar-refractivity contribution < 1.29 is 33.3 Å². The number of amides is 1. The quantitative estimate of drug-likeness (QED) is 0.241. The van der Waals surface area contributed by atoms with Gasteiger partial charge in [0.1, 0.15) is 34.2 Å². The van der Waals surface area contributed by atoms with Crippen LogP contribution in [0.2, 0.25) is 0 Å². The molecular formula is C40H48F2N6O5. The van der Waals surface area contributed by atoms with Crippen LogP contribution in [0, 0.1) is 23.0 Å². The van der Waals surface area contributed by atoms with Gasteiger partial charge in [0.05, 0.1) is 31.8 Å². The molecule has 2 aromatic heterocycles. The summed E-state index contributed by atoms with van der Waals surface area (Å²) in [5.74, 6) is -0.281. The van der Waals surface area contributed by atoms with Crippen molar-refractivity contribution in [2.24, 2.45) is 11.3 Å². The Balaban J connectivity index is 1.18. The number of hydrogen-bond acceptors (Lipinski definition) is 10. The number of fused-ring (bicyclic) bond motifs is 3. The Kier molecular flexibility index (Phi) is 9.39. The molecule has 3 atom stereocenters. The molecule has 1 saturated carbocycles. The van der Waals surface area contributed by atoms with Crippen molar-refractivity contribution >= 4 is 33.4 Å². The summed E-state index contributed by atoms with van der Waals surface area (Å²) >= 11 is 0. The average molecular weight is 731 g/mol. The first-order chi connectivity index (χ1) is 25.4. The normalized spacial score (nSPS) is 25.4. The SMILES string of the molecule is CCc1c(F)ccc2cc(O)cc(-c3ncc4c(N5CCOCC(C)(O)C5)nc(OCC56CCCC5N(CC5CN(C(C)=O)C5)CCC6)nc4c3F)c12. The van der Waals surface area contributed by atoms with Crippen LogP contribution in [0.3, 0.4) is 0 Å². The van der Waals surface area contributed by atoms with Crippen LogP contribution in [-0.2, 0) is 16.0 Å². The van der Waals surface area contributed by atoms with Gasteiger partial charge < -0.3 is 29.5 Å². The predicted molar refractivity (Wildman–Crippen MR) is 197 cm³/mol. The Labute approximate surface area is 307 Å². The highest BCUT2D eigenvalue weighted by molar-refractivity contribution is 6.01. The average Bonchev–Trinajstić information content (AvgIpc) is 3.46. The fraction of sp³-hybridized carbons (Fsp3) is 0.550. The molecule has 2 N–H and O–H groups in total. The second-order valence-electron chi connectivity index (χ2n) is 15.9. The van der Waals surface area contributed by atoms with Gasteiger partial charge in [-0.05, 0) is 80.1 Å². The van der Waals surface area contributed by atoms with Crippen molar-refractivity contribution in [1.82, 2.24) is 24.8 Å². The highest BCUT2D eigenvalue weighted by atomic mass is 19.1. The number of hydrogen-bond donors (Lipinski definition) is 2. The van der Waals surface area contributed by atoms with Crippen molar-refractivity contribution in [1.29, 1.82) is 0 Å². The summed E-state index contributed by atoms with van der Waals surface area (Å²) in [6, 6.07) is 6.23. The molecule has 1 amide bonds. The Morgan fingerprint density at radius 1 is 1.13 bits per heavy atom. The number of carbonyl (C=O) groups is 1. The molecule has 4 fully saturated rings. The number of halogens is 2. The van der Waals surface area contributed by atoms with Crippen LogP contribution in [0.5, 0.6) is 11.8 Å². The van der Waals surface area contributed by atoms with E-state index in [4.69, 9.17) is 19.4 Å². The third-order valence-corrected chi connectivity index (χ3v) is 12.0. The van der Waals surface area contributed by atoms with Crippen molar-refractivity contribution in [3.63, 3.8) is 0 Å². The van der Waals surface area contributed by atoms with Crippen LogP contribution < -0.4 is 9.64 Å². The molecule has 8 rings (SSSR count). The van der Waals surface area contributed by atoms with E-state index in [-0.39, 0.29) is 53.0 Å². The third kappa shape index (κ3) is 6.65. The molecule has 282 valence electrons. The summed E-state index contributed by atoms with van der Waals surface area (Å²) in [6.45, 7) is 10.2. The number of rotatable bonds is 8. The second-order valence-corrected chi connectivity index (χ2v) is 15.9. The number of β-amino-alcohol motifs (C(OH)–C–C–N with tert-alkyl or cyclic N) is 1. The first-order valence-electron chi connectivity index (χ1n) is 18.9. The molecule has 4 aromatic rings. The molecule has 11 nitrogen and oxygen atoms in total. The molecule has 3 unspecified atom stereocenters. The lowest BCUT2D eigenvalue weighted by Crippen LogP contribution is -2.58. The number of nitrogens with zero attached hydrogens (tertiary/aromatic N) is 6. The molecule has 0 radical (unpaired) electrons. The Morgan fingerprint density at radius 3 is 2.74 bits per heavy atom. The number of anilines is 1. The standard InChI is InChI=1S/C40H48F2N6O5/c1-4-28-31(41)9-8-26-15-27(50)16-29(33(26)28)35-34(42)36-30(17-43-35)37(47-13-14-52-22-39(3,51)21-47)45-38(44-36)53-23-40-10-5-7-32(40)46(12-6-11-40)18-25-19-48(20-25)24(2)49/h8-9,15-17,25,32,50-51H,4-7,10-14,18-23H2,1-3H3. The van der Waals surface area contributed by atoms with Gasteiger partial charge in [0.2, 0.25) is 5.91 Å². The van der Waals surface area contributed by atoms with E-state index in [0.717, 1.165) is 58.3 Å². The van der Waals surface area contributed by atoms with Gasteiger partial charge in [-0.1, -0.05) is 19.4 Å². The fourth-order valence-corrected chi connectivity index (χ4v) is 9.44. The number of phenolic OH excluding ortho intramolecular Hbond substituents is 1. The molecule has 53 heavy (non-hydrogen) atoms. The maximum Gasteiger partial charge on any atom is 0.319 e. The maximum absolute atomic E-state index is 17.1. The zero-order valence-corrected chi connectivity index (χ0v) is 30.7. The molecule has 1 aliphatic carbocycles. The van der Waals surface area contributed by atoms with Gasteiger partial charge in [0.15, 0.2) is 5.82 Å². The number of aromatic hydroxyl groups is 1. The Morgan fingerprint density at radius 2 is 1.94 bits per heavy atom. The molecule has 0 bridgehead atoms. The third-order valence-electron chi connectivity index (χ3n) is 12.0. The molecule has 5 heterocycles. The van der Waals surface area contributed by atoms with E-state index < -0.39 is 17.2 Å². The summed E-state index contributed by atoms with van der Waals surface area (Å²) in [6.07, 6.45) is 7.08. The van der Waals surface area contributed by atoms with Crippen molar-refractivity contribution in [2.75, 3.05) is 64.0 Å². The minimum atomic E-state index is -1.19. The van der Waals surface area contributed by atoms with Gasteiger partial charge in [-0.15, -0.1) is 0 Å². The lowest BCUT2D eigenvalue weighted by atomic mass is 9.75. The van der Waals surface area contributed by atoms with Crippen LogP contribution in [-0.4, -0.2) is 112 Å². The van der Waals surface area contributed by atoms with Crippen molar-refractivity contribution in [3.05, 3.63) is 47.7 Å². The number of carbonyl (C=O) groups excluding carboxylic acids is 1. The van der Waals surface area contributed by atoms with E-state index in [1.54, 1.807) is 19.9 Å². The zero-order chi connectivity index (χ0) is 37.1. The van der Waals surface area contributed by atoms with Gasteiger partial charge >= 0.3 is 6.01 Å². The predicted octanol–water partition coefficient (Wildman–Crippen LogP) is 5.47. The number of ether oxygens (including phenoxy) is 2. The van der Waals surface area contributed by atoms with Crippen molar-refractivity contribution in [3.8, 4) is 23.0 Å². The minimum absolute atomic E-state index is 0.0171. The van der Waals surface area contributed by atoms with Gasteiger partial charge in [-0.2, -0.15) is 9.97 Å². The number of aromatic nitrogens is 3. The zero-order valence-electron chi connectivity index (χ0n) is 30.7. The van der Waals surface area contributed by atoms with Crippen LogP contribution in [0.4, 0.5) is 14.6 Å². The van der Waals surface area contributed by atoms with E-state index >= 15 is 8.78 Å². The fourth-order valence-electron chi connectivity index (χ4n) is 9.44. The molecule has 0 spiro atoms. The number of likely N-dealkylation sites (tertiary alicyclic amines) is 2.